The number of halogens is 1. The van der Waals surface area contributed by atoms with Crippen molar-refractivity contribution in [3.8, 4) is 5.75 Å². The van der Waals surface area contributed by atoms with Crippen molar-refractivity contribution in [2.75, 3.05) is 19.7 Å². The number of amides is 2. The molecule has 0 aromatic heterocycles. The van der Waals surface area contributed by atoms with Crippen LogP contribution in [0.25, 0.3) is 0 Å². The van der Waals surface area contributed by atoms with Gasteiger partial charge in [-0.05, 0) is 37.6 Å². The summed E-state index contributed by atoms with van der Waals surface area (Å²) in [6.45, 7) is 2.12. The molecular weight excluding hydrogens is 306 g/mol. The van der Waals surface area contributed by atoms with Crippen LogP contribution < -0.4 is 21.1 Å². The Morgan fingerprint density at radius 1 is 1.41 bits per heavy atom. The Morgan fingerprint density at radius 3 is 2.91 bits per heavy atom. The molecule has 1 atom stereocenters. The van der Waals surface area contributed by atoms with Crippen LogP contribution in [0.3, 0.4) is 0 Å². The van der Waals surface area contributed by atoms with Crippen molar-refractivity contribution in [3.05, 3.63) is 29.8 Å². The fraction of sp³-hybridized carbons (Fsp3) is 0.467. The zero-order valence-electron chi connectivity index (χ0n) is 12.3. The molecule has 1 aliphatic rings. The summed E-state index contributed by atoms with van der Waals surface area (Å²) in [5, 5.41) is 6.23. The van der Waals surface area contributed by atoms with Gasteiger partial charge < -0.3 is 21.1 Å². The molecule has 0 saturated carbocycles. The van der Waals surface area contributed by atoms with Crippen molar-refractivity contribution >= 4 is 24.2 Å². The van der Waals surface area contributed by atoms with Gasteiger partial charge in [0.2, 0.25) is 11.8 Å². The van der Waals surface area contributed by atoms with Crippen LogP contribution in [0, 0.1) is 0 Å². The number of piperidine rings is 1. The minimum atomic E-state index is -0.497. The van der Waals surface area contributed by atoms with Gasteiger partial charge >= 0.3 is 0 Å². The molecule has 2 rings (SSSR count). The highest BCUT2D eigenvalue weighted by molar-refractivity contribution is 5.93. The molecule has 0 aliphatic carbocycles. The molecule has 1 saturated heterocycles. The minimum Gasteiger partial charge on any atom is -0.493 e. The maximum absolute atomic E-state index is 11.8. The van der Waals surface area contributed by atoms with E-state index in [0.717, 1.165) is 25.9 Å². The fourth-order valence-corrected chi connectivity index (χ4v) is 2.28. The van der Waals surface area contributed by atoms with Gasteiger partial charge in [0.25, 0.3) is 0 Å². The molecule has 7 heteroatoms. The number of primary amides is 1. The highest BCUT2D eigenvalue weighted by Gasteiger charge is 2.15. The topological polar surface area (TPSA) is 93.5 Å². The molecular formula is C15H22ClN3O3. The highest BCUT2D eigenvalue weighted by Crippen LogP contribution is 2.13. The smallest absolute Gasteiger partial charge is 0.248 e. The molecule has 4 N–H and O–H groups in total. The third-order valence-electron chi connectivity index (χ3n) is 3.38. The second kappa shape index (κ2) is 9.27. The number of nitrogens with two attached hydrogens (primary N) is 1. The standard InChI is InChI=1S/C15H21N3O3.ClH/c16-15(20)11-3-1-5-13(9-11)21-8-6-14(19)18-12-4-2-7-17-10-12;/h1,3,5,9,12,17H,2,4,6-8,10H2,(H2,16,20)(H,18,19);1H/t12-;/m0./s1. The Balaban J connectivity index is 0.00000242. The Kier molecular flexibility index (Phi) is 7.70. The van der Waals surface area contributed by atoms with E-state index in [2.05, 4.69) is 10.6 Å². The molecule has 1 heterocycles. The van der Waals surface area contributed by atoms with Crippen LogP contribution in [0.5, 0.6) is 5.75 Å². The second-order valence-corrected chi connectivity index (χ2v) is 5.10. The number of carbonyl (C=O) groups is 2. The predicted octanol–water partition coefficient (Wildman–Crippen LogP) is 0.844. The summed E-state index contributed by atoms with van der Waals surface area (Å²) in [5.41, 5.74) is 5.59. The average molecular weight is 328 g/mol. The first kappa shape index (κ1) is 18.3. The minimum absolute atomic E-state index is 0. The van der Waals surface area contributed by atoms with Gasteiger partial charge in [0.1, 0.15) is 5.75 Å². The van der Waals surface area contributed by atoms with E-state index in [1.54, 1.807) is 24.3 Å². The van der Waals surface area contributed by atoms with Gasteiger partial charge in [-0.2, -0.15) is 0 Å². The van der Waals surface area contributed by atoms with E-state index >= 15 is 0 Å². The van der Waals surface area contributed by atoms with Crippen molar-refractivity contribution in [2.45, 2.75) is 25.3 Å². The molecule has 2 amide bonds. The maximum Gasteiger partial charge on any atom is 0.248 e. The Hall–Kier alpha value is -1.79. The molecule has 1 fully saturated rings. The number of rotatable bonds is 6. The van der Waals surface area contributed by atoms with Gasteiger partial charge in [-0.3, -0.25) is 9.59 Å². The molecule has 122 valence electrons. The Bertz CT molecular complexity index is 505. The van der Waals surface area contributed by atoms with E-state index in [1.165, 1.54) is 0 Å². The second-order valence-electron chi connectivity index (χ2n) is 5.10. The van der Waals surface area contributed by atoms with E-state index in [4.69, 9.17) is 10.5 Å². The monoisotopic (exact) mass is 327 g/mol. The van der Waals surface area contributed by atoms with Crippen molar-refractivity contribution in [1.29, 1.82) is 0 Å². The predicted molar refractivity (Wildman–Crippen MR) is 86.4 cm³/mol. The number of ether oxygens (including phenoxy) is 1. The van der Waals surface area contributed by atoms with Gasteiger partial charge in [0.15, 0.2) is 0 Å². The lowest BCUT2D eigenvalue weighted by atomic mass is 10.1. The zero-order chi connectivity index (χ0) is 15.1. The van der Waals surface area contributed by atoms with Crippen molar-refractivity contribution in [2.24, 2.45) is 5.73 Å². The third kappa shape index (κ3) is 5.91. The van der Waals surface area contributed by atoms with Crippen LogP contribution >= 0.6 is 12.4 Å². The first-order valence-electron chi connectivity index (χ1n) is 7.18. The third-order valence-corrected chi connectivity index (χ3v) is 3.38. The van der Waals surface area contributed by atoms with E-state index in [0.29, 0.717) is 11.3 Å². The van der Waals surface area contributed by atoms with Crippen molar-refractivity contribution in [3.63, 3.8) is 0 Å². The Morgan fingerprint density at radius 2 is 2.23 bits per heavy atom. The lowest BCUT2D eigenvalue weighted by Gasteiger charge is -2.23. The quantitative estimate of drug-likeness (QED) is 0.722. The van der Waals surface area contributed by atoms with Crippen LogP contribution in [0.4, 0.5) is 0 Å². The van der Waals surface area contributed by atoms with Crippen molar-refractivity contribution < 1.29 is 14.3 Å². The molecule has 1 aromatic carbocycles. The van der Waals surface area contributed by atoms with Crippen LogP contribution in [-0.2, 0) is 4.79 Å². The highest BCUT2D eigenvalue weighted by atomic mass is 35.5. The number of hydrogen-bond acceptors (Lipinski definition) is 4. The molecule has 0 spiro atoms. The fourth-order valence-electron chi connectivity index (χ4n) is 2.28. The number of benzene rings is 1. The van der Waals surface area contributed by atoms with Crippen LogP contribution in [0.2, 0.25) is 0 Å². The van der Waals surface area contributed by atoms with Gasteiger partial charge in [-0.25, -0.2) is 0 Å². The van der Waals surface area contributed by atoms with Crippen LogP contribution in [0.15, 0.2) is 24.3 Å². The molecule has 1 aromatic rings. The van der Waals surface area contributed by atoms with Gasteiger partial charge in [0.05, 0.1) is 13.0 Å². The summed E-state index contributed by atoms with van der Waals surface area (Å²) in [6, 6.07) is 6.84. The number of carbonyl (C=O) groups excluding carboxylic acids is 2. The summed E-state index contributed by atoms with van der Waals surface area (Å²) in [5.74, 6) is 0.0242. The molecule has 0 radical (unpaired) electrons. The van der Waals surface area contributed by atoms with Crippen molar-refractivity contribution in [1.82, 2.24) is 10.6 Å². The number of nitrogens with one attached hydrogen (secondary N) is 2. The lowest BCUT2D eigenvalue weighted by Crippen LogP contribution is -2.45. The largest absolute Gasteiger partial charge is 0.493 e. The first-order chi connectivity index (χ1) is 10.1. The lowest BCUT2D eigenvalue weighted by molar-refractivity contribution is -0.122. The zero-order valence-corrected chi connectivity index (χ0v) is 13.2. The summed E-state index contributed by atoms with van der Waals surface area (Å²) in [6.07, 6.45) is 2.39. The van der Waals surface area contributed by atoms with E-state index in [9.17, 15) is 9.59 Å². The SMILES string of the molecule is Cl.NC(=O)c1cccc(OCCC(=O)N[C@H]2CCCNC2)c1. The van der Waals surface area contributed by atoms with E-state index < -0.39 is 5.91 Å². The Labute approximate surface area is 136 Å². The molecule has 22 heavy (non-hydrogen) atoms. The maximum atomic E-state index is 11.8. The summed E-state index contributed by atoms with van der Waals surface area (Å²) in [7, 11) is 0. The van der Waals surface area contributed by atoms with Crippen LogP contribution in [0.1, 0.15) is 29.6 Å². The number of hydrogen-bond donors (Lipinski definition) is 3. The van der Waals surface area contributed by atoms with Gasteiger partial charge in [-0.15, -0.1) is 12.4 Å². The van der Waals surface area contributed by atoms with Gasteiger partial charge in [-0.1, -0.05) is 6.07 Å². The summed E-state index contributed by atoms with van der Waals surface area (Å²) >= 11 is 0. The molecule has 6 nitrogen and oxygen atoms in total. The molecule has 1 aliphatic heterocycles. The average Bonchev–Trinajstić information content (AvgIpc) is 2.48. The van der Waals surface area contributed by atoms with Crippen LogP contribution in [-0.4, -0.2) is 37.6 Å². The van der Waals surface area contributed by atoms with E-state index in [-0.39, 0.29) is 37.4 Å². The van der Waals surface area contributed by atoms with Gasteiger partial charge in [0, 0.05) is 18.2 Å². The first-order valence-corrected chi connectivity index (χ1v) is 7.18. The normalized spacial score (nSPS) is 17.2. The molecule has 0 unspecified atom stereocenters. The summed E-state index contributed by atoms with van der Waals surface area (Å²) < 4.78 is 5.47. The summed E-state index contributed by atoms with van der Waals surface area (Å²) in [4.78, 5) is 22.8. The molecule has 0 bridgehead atoms. The van der Waals surface area contributed by atoms with E-state index in [1.807, 2.05) is 0 Å².